The van der Waals surface area contributed by atoms with E-state index in [0.29, 0.717) is 18.2 Å². The second-order valence-electron chi connectivity index (χ2n) is 5.65. The lowest BCUT2D eigenvalue weighted by Gasteiger charge is -2.10. The van der Waals surface area contributed by atoms with Crippen LogP contribution in [-0.2, 0) is 4.79 Å². The van der Waals surface area contributed by atoms with E-state index in [1.54, 1.807) is 0 Å². The number of rotatable bonds is 2. The largest absolute Gasteiger partial charge is 0.481 e. The van der Waals surface area contributed by atoms with Gasteiger partial charge in [-0.2, -0.15) is 0 Å². The minimum atomic E-state index is -0.743. The molecule has 4 heteroatoms. The van der Waals surface area contributed by atoms with Gasteiger partial charge < -0.3 is 9.52 Å². The molecule has 1 aromatic heterocycles. The molecule has 1 N–H and O–H groups in total. The summed E-state index contributed by atoms with van der Waals surface area (Å²) in [5, 5.41) is 9.31. The number of carboxylic acids is 1. The Morgan fingerprint density at radius 3 is 2.95 bits per heavy atom. The summed E-state index contributed by atoms with van der Waals surface area (Å²) in [6.45, 7) is 4.09. The van der Waals surface area contributed by atoms with Crippen LogP contribution in [0.25, 0.3) is 11.1 Å². The molecule has 1 aliphatic carbocycles. The molecule has 19 heavy (non-hydrogen) atoms. The fourth-order valence-corrected chi connectivity index (χ4v) is 3.05. The van der Waals surface area contributed by atoms with E-state index in [2.05, 4.69) is 11.9 Å². The predicted molar refractivity (Wildman–Crippen MR) is 71.0 cm³/mol. The Labute approximate surface area is 111 Å². The van der Waals surface area contributed by atoms with Crippen molar-refractivity contribution < 1.29 is 14.3 Å². The summed E-state index contributed by atoms with van der Waals surface area (Å²) in [6, 6.07) is 5.84. The molecule has 1 aromatic carbocycles. The fraction of sp³-hybridized carbons (Fsp3) is 0.467. The maximum absolute atomic E-state index is 11.3. The van der Waals surface area contributed by atoms with Crippen LogP contribution in [0.4, 0.5) is 0 Å². The van der Waals surface area contributed by atoms with Crippen molar-refractivity contribution in [2.45, 2.75) is 32.6 Å². The van der Waals surface area contributed by atoms with Crippen molar-refractivity contribution in [2.75, 3.05) is 0 Å². The van der Waals surface area contributed by atoms with Crippen LogP contribution in [0.1, 0.15) is 37.1 Å². The molecule has 1 heterocycles. The number of carboxylic acid groups (broad SMARTS) is 1. The molecular weight excluding hydrogens is 242 g/mol. The van der Waals surface area contributed by atoms with Crippen molar-refractivity contribution in [3.63, 3.8) is 0 Å². The Hall–Kier alpha value is -1.84. The quantitative estimate of drug-likeness (QED) is 0.898. The SMILES string of the molecule is Cc1ccc2oc(C3CC(C)CC3C(=O)O)nc2c1. The second-order valence-corrected chi connectivity index (χ2v) is 5.65. The zero-order chi connectivity index (χ0) is 13.6. The van der Waals surface area contributed by atoms with Gasteiger partial charge in [0.2, 0.25) is 0 Å². The van der Waals surface area contributed by atoms with Gasteiger partial charge in [0, 0.05) is 5.92 Å². The highest BCUT2D eigenvalue weighted by atomic mass is 16.4. The highest BCUT2D eigenvalue weighted by Gasteiger charge is 2.40. The molecule has 0 spiro atoms. The van der Waals surface area contributed by atoms with Crippen LogP contribution < -0.4 is 0 Å². The molecule has 1 fully saturated rings. The van der Waals surface area contributed by atoms with E-state index in [0.717, 1.165) is 23.1 Å². The third-order valence-electron chi connectivity index (χ3n) is 3.99. The lowest BCUT2D eigenvalue weighted by molar-refractivity contribution is -0.142. The van der Waals surface area contributed by atoms with Crippen LogP contribution in [0.3, 0.4) is 0 Å². The standard InChI is InChI=1S/C15H17NO3/c1-8-3-4-13-12(7-8)16-14(19-13)10-5-9(2)6-11(10)15(17)18/h3-4,7,9-11H,5-6H2,1-2H3,(H,17,18). The predicted octanol–water partition coefficient (Wildman–Crippen LogP) is 3.35. The first-order valence-electron chi connectivity index (χ1n) is 6.64. The lowest BCUT2D eigenvalue weighted by atomic mass is 9.96. The van der Waals surface area contributed by atoms with Gasteiger partial charge in [0.25, 0.3) is 0 Å². The normalized spacial score (nSPS) is 26.9. The summed E-state index contributed by atoms with van der Waals surface area (Å²) in [4.78, 5) is 15.8. The number of aliphatic carboxylic acids is 1. The number of carbonyl (C=O) groups is 1. The number of hydrogen-bond acceptors (Lipinski definition) is 3. The van der Waals surface area contributed by atoms with E-state index in [4.69, 9.17) is 4.42 Å². The average molecular weight is 259 g/mol. The number of hydrogen-bond donors (Lipinski definition) is 1. The third-order valence-corrected chi connectivity index (χ3v) is 3.99. The van der Waals surface area contributed by atoms with Gasteiger partial charge >= 0.3 is 5.97 Å². The molecule has 3 rings (SSSR count). The Kier molecular flexibility index (Phi) is 2.81. The summed E-state index contributed by atoms with van der Waals surface area (Å²) in [7, 11) is 0. The summed E-state index contributed by atoms with van der Waals surface area (Å²) in [6.07, 6.45) is 1.54. The summed E-state index contributed by atoms with van der Waals surface area (Å²) in [5.74, 6) is -0.225. The van der Waals surface area contributed by atoms with Gasteiger partial charge in [-0.3, -0.25) is 4.79 Å². The van der Waals surface area contributed by atoms with Crippen LogP contribution in [0.5, 0.6) is 0 Å². The number of benzene rings is 1. The van der Waals surface area contributed by atoms with Crippen LogP contribution in [0.2, 0.25) is 0 Å². The summed E-state index contributed by atoms with van der Waals surface area (Å²) in [5.41, 5.74) is 2.69. The van der Waals surface area contributed by atoms with E-state index < -0.39 is 5.97 Å². The van der Waals surface area contributed by atoms with E-state index in [-0.39, 0.29) is 11.8 Å². The number of fused-ring (bicyclic) bond motifs is 1. The zero-order valence-corrected chi connectivity index (χ0v) is 11.1. The summed E-state index contributed by atoms with van der Waals surface area (Å²) < 4.78 is 5.76. The van der Waals surface area contributed by atoms with Crippen molar-refractivity contribution in [2.24, 2.45) is 11.8 Å². The molecule has 1 aliphatic rings. The minimum absolute atomic E-state index is 0.0970. The Morgan fingerprint density at radius 2 is 2.21 bits per heavy atom. The number of oxazole rings is 1. The Morgan fingerprint density at radius 1 is 1.42 bits per heavy atom. The molecular formula is C15H17NO3. The van der Waals surface area contributed by atoms with Gasteiger partial charge in [-0.15, -0.1) is 0 Å². The Balaban J connectivity index is 2.01. The van der Waals surface area contributed by atoms with Crippen LogP contribution in [-0.4, -0.2) is 16.1 Å². The first-order valence-corrected chi connectivity index (χ1v) is 6.64. The smallest absolute Gasteiger partial charge is 0.307 e. The Bertz CT molecular complexity index is 631. The molecule has 4 nitrogen and oxygen atoms in total. The molecule has 3 atom stereocenters. The maximum Gasteiger partial charge on any atom is 0.307 e. The van der Waals surface area contributed by atoms with Crippen molar-refractivity contribution in [3.8, 4) is 0 Å². The van der Waals surface area contributed by atoms with E-state index in [9.17, 15) is 9.90 Å². The molecule has 0 aliphatic heterocycles. The van der Waals surface area contributed by atoms with Crippen molar-refractivity contribution in [3.05, 3.63) is 29.7 Å². The van der Waals surface area contributed by atoms with Crippen LogP contribution >= 0.6 is 0 Å². The fourth-order valence-electron chi connectivity index (χ4n) is 3.05. The molecule has 0 amide bonds. The molecule has 0 radical (unpaired) electrons. The average Bonchev–Trinajstić information content (AvgIpc) is 2.91. The highest BCUT2D eigenvalue weighted by Crippen LogP contribution is 2.43. The molecule has 3 unspecified atom stereocenters. The number of aromatic nitrogens is 1. The lowest BCUT2D eigenvalue weighted by Crippen LogP contribution is -2.17. The third kappa shape index (κ3) is 2.11. The van der Waals surface area contributed by atoms with Crippen molar-refractivity contribution in [1.82, 2.24) is 4.98 Å². The molecule has 0 saturated heterocycles. The van der Waals surface area contributed by atoms with E-state index >= 15 is 0 Å². The van der Waals surface area contributed by atoms with Gasteiger partial charge in [-0.05, 0) is 43.4 Å². The summed E-state index contributed by atoms with van der Waals surface area (Å²) >= 11 is 0. The second kappa shape index (κ2) is 4.37. The number of aryl methyl sites for hydroxylation is 1. The van der Waals surface area contributed by atoms with Crippen molar-refractivity contribution >= 4 is 17.1 Å². The van der Waals surface area contributed by atoms with Gasteiger partial charge in [0.05, 0.1) is 5.92 Å². The van der Waals surface area contributed by atoms with Crippen molar-refractivity contribution in [1.29, 1.82) is 0 Å². The molecule has 100 valence electrons. The first kappa shape index (κ1) is 12.2. The molecule has 2 aromatic rings. The highest BCUT2D eigenvalue weighted by molar-refractivity contribution is 5.74. The van der Waals surface area contributed by atoms with Crippen LogP contribution in [0.15, 0.2) is 22.6 Å². The zero-order valence-electron chi connectivity index (χ0n) is 11.1. The topological polar surface area (TPSA) is 63.3 Å². The monoisotopic (exact) mass is 259 g/mol. The van der Waals surface area contributed by atoms with E-state index in [1.807, 2.05) is 25.1 Å². The van der Waals surface area contributed by atoms with Gasteiger partial charge in [0.15, 0.2) is 11.5 Å². The number of nitrogens with zero attached hydrogens (tertiary/aromatic N) is 1. The minimum Gasteiger partial charge on any atom is -0.481 e. The van der Waals surface area contributed by atoms with Gasteiger partial charge in [0.1, 0.15) is 5.52 Å². The first-order chi connectivity index (χ1) is 9.04. The maximum atomic E-state index is 11.3. The van der Waals surface area contributed by atoms with E-state index in [1.165, 1.54) is 0 Å². The molecule has 0 bridgehead atoms. The van der Waals surface area contributed by atoms with Gasteiger partial charge in [-0.25, -0.2) is 4.98 Å². The van der Waals surface area contributed by atoms with Gasteiger partial charge in [-0.1, -0.05) is 13.0 Å². The van der Waals surface area contributed by atoms with Crippen LogP contribution in [0, 0.1) is 18.8 Å². The molecule has 1 saturated carbocycles.